The molecule has 0 saturated heterocycles. The Morgan fingerprint density at radius 1 is 1.47 bits per heavy atom. The fraction of sp³-hybridized carbons (Fsp3) is 0.200. The summed E-state index contributed by atoms with van der Waals surface area (Å²) < 4.78 is 31.5. The van der Waals surface area contributed by atoms with Crippen molar-refractivity contribution in [3.63, 3.8) is 0 Å². The zero-order valence-electron chi connectivity index (χ0n) is 9.00. The van der Waals surface area contributed by atoms with Crippen LogP contribution in [0.15, 0.2) is 27.5 Å². The smallest absolute Gasteiger partial charge is 0.338 e. The number of rotatable bonds is 2. The van der Waals surface area contributed by atoms with Crippen LogP contribution in [0.3, 0.4) is 0 Å². The summed E-state index contributed by atoms with van der Waals surface area (Å²) in [5, 5.41) is 0. The molecule has 1 aromatic rings. The molecule has 90 valence electrons. The van der Waals surface area contributed by atoms with E-state index in [1.807, 2.05) is 0 Å². The van der Waals surface area contributed by atoms with Gasteiger partial charge in [0.05, 0.1) is 23.3 Å². The average molecular weight is 254 g/mol. The molecule has 0 atom stereocenters. The Labute approximate surface area is 98.2 Å². The van der Waals surface area contributed by atoms with Crippen molar-refractivity contribution in [3.8, 4) is 0 Å². The molecule has 7 heteroatoms. The van der Waals surface area contributed by atoms with Gasteiger partial charge in [0.1, 0.15) is 0 Å². The van der Waals surface area contributed by atoms with E-state index in [1.54, 1.807) is 0 Å². The second-order valence-corrected chi connectivity index (χ2v) is 4.96. The van der Waals surface area contributed by atoms with E-state index in [0.717, 1.165) is 0 Å². The summed E-state index contributed by atoms with van der Waals surface area (Å²) in [6.07, 6.45) is 0. The molecule has 0 aromatic heterocycles. The molecule has 1 aromatic carbocycles. The Morgan fingerprint density at radius 2 is 2.18 bits per heavy atom. The van der Waals surface area contributed by atoms with Crippen LogP contribution in [0.25, 0.3) is 0 Å². The number of sulfonamides is 1. The summed E-state index contributed by atoms with van der Waals surface area (Å²) >= 11 is 0. The lowest BCUT2D eigenvalue weighted by molar-refractivity contribution is 0.0600. The van der Waals surface area contributed by atoms with Crippen molar-refractivity contribution in [2.45, 2.75) is 4.90 Å². The highest BCUT2D eigenvalue weighted by molar-refractivity contribution is 7.90. The van der Waals surface area contributed by atoms with Crippen LogP contribution >= 0.6 is 0 Å². The molecule has 1 heterocycles. The number of ether oxygens (including phenoxy) is 1. The molecule has 1 aliphatic heterocycles. The van der Waals surface area contributed by atoms with E-state index >= 15 is 0 Å². The summed E-state index contributed by atoms with van der Waals surface area (Å²) in [5.41, 5.74) is 6.03. The number of methoxy groups -OCH3 is 1. The Kier molecular flexibility index (Phi) is 2.72. The Balaban J connectivity index is 2.76. The van der Waals surface area contributed by atoms with Crippen LogP contribution in [-0.2, 0) is 14.8 Å². The highest BCUT2D eigenvalue weighted by Gasteiger charge is 2.32. The summed E-state index contributed by atoms with van der Waals surface area (Å²) in [6, 6.07) is 4.34. The molecule has 0 saturated carbocycles. The average Bonchev–Trinajstić information content (AvgIpc) is 2.60. The van der Waals surface area contributed by atoms with Crippen molar-refractivity contribution < 1.29 is 17.9 Å². The Hall–Kier alpha value is -1.73. The van der Waals surface area contributed by atoms with Crippen LogP contribution in [0.1, 0.15) is 15.9 Å². The van der Waals surface area contributed by atoms with Crippen LogP contribution in [0.4, 0.5) is 0 Å². The number of nitrogens with two attached hydrogens (primary N) is 1. The minimum Gasteiger partial charge on any atom is -0.465 e. The van der Waals surface area contributed by atoms with Gasteiger partial charge in [0.25, 0.3) is 10.0 Å². The predicted molar refractivity (Wildman–Crippen MR) is 60.6 cm³/mol. The molecule has 0 radical (unpaired) electrons. The highest BCUT2D eigenvalue weighted by Crippen LogP contribution is 2.29. The third-order valence-corrected chi connectivity index (χ3v) is 3.78. The van der Waals surface area contributed by atoms with Crippen molar-refractivity contribution in [2.75, 3.05) is 13.7 Å². The van der Waals surface area contributed by atoms with Gasteiger partial charge >= 0.3 is 5.97 Å². The summed E-state index contributed by atoms with van der Waals surface area (Å²) in [7, 11) is -2.50. The van der Waals surface area contributed by atoms with Crippen molar-refractivity contribution in [3.05, 3.63) is 29.3 Å². The fourth-order valence-corrected chi connectivity index (χ4v) is 2.99. The first-order valence-electron chi connectivity index (χ1n) is 4.77. The van der Waals surface area contributed by atoms with Gasteiger partial charge in [-0.15, -0.1) is 0 Å². The van der Waals surface area contributed by atoms with Crippen molar-refractivity contribution in [1.29, 1.82) is 0 Å². The molecular weight excluding hydrogens is 244 g/mol. The zero-order chi connectivity index (χ0) is 12.6. The van der Waals surface area contributed by atoms with E-state index in [-0.39, 0.29) is 28.3 Å². The maximum absolute atomic E-state index is 11.7. The molecule has 2 rings (SSSR count). The van der Waals surface area contributed by atoms with Gasteiger partial charge < -0.3 is 10.5 Å². The standard InChI is InChI=1S/C10H10N2O4S/c1-16-10(13)6-3-2-4-8-9(6)7(5-11)12-17(8,14)15/h2-4H,5,11H2,1H3. The predicted octanol–water partition coefficient (Wildman–Crippen LogP) is -0.0767. The molecule has 6 nitrogen and oxygen atoms in total. The van der Waals surface area contributed by atoms with E-state index < -0.39 is 16.0 Å². The van der Waals surface area contributed by atoms with Gasteiger partial charge in [-0.1, -0.05) is 6.07 Å². The topological polar surface area (TPSA) is 98.8 Å². The van der Waals surface area contributed by atoms with Gasteiger partial charge in [0.15, 0.2) is 0 Å². The first kappa shape index (κ1) is 11.7. The maximum Gasteiger partial charge on any atom is 0.338 e. The first-order valence-corrected chi connectivity index (χ1v) is 6.21. The fourth-order valence-electron chi connectivity index (χ4n) is 1.70. The lowest BCUT2D eigenvalue weighted by Crippen LogP contribution is -2.17. The third-order valence-electron chi connectivity index (χ3n) is 2.42. The molecule has 0 fully saturated rings. The number of esters is 1. The lowest BCUT2D eigenvalue weighted by Gasteiger charge is -2.06. The third kappa shape index (κ3) is 1.73. The number of hydrogen-bond donors (Lipinski definition) is 1. The summed E-state index contributed by atoms with van der Waals surface area (Å²) in [4.78, 5) is 11.5. The Morgan fingerprint density at radius 3 is 2.76 bits per heavy atom. The van der Waals surface area contributed by atoms with Gasteiger partial charge in [0, 0.05) is 12.1 Å². The lowest BCUT2D eigenvalue weighted by atomic mass is 10.0. The maximum atomic E-state index is 11.7. The number of nitrogens with zero attached hydrogens (tertiary/aromatic N) is 1. The van der Waals surface area contributed by atoms with Crippen molar-refractivity contribution in [1.82, 2.24) is 0 Å². The number of carbonyl (C=O) groups excluding carboxylic acids is 1. The van der Waals surface area contributed by atoms with Gasteiger partial charge in [-0.25, -0.2) is 4.79 Å². The van der Waals surface area contributed by atoms with E-state index in [4.69, 9.17) is 5.73 Å². The second kappa shape index (κ2) is 3.94. The molecule has 2 N–H and O–H groups in total. The number of benzene rings is 1. The molecule has 0 bridgehead atoms. The largest absolute Gasteiger partial charge is 0.465 e. The van der Waals surface area contributed by atoms with Crippen LogP contribution in [-0.4, -0.2) is 33.8 Å². The monoisotopic (exact) mass is 254 g/mol. The molecular formula is C10H10N2O4S. The van der Waals surface area contributed by atoms with Crippen LogP contribution in [0.5, 0.6) is 0 Å². The molecule has 0 amide bonds. The van der Waals surface area contributed by atoms with Crippen molar-refractivity contribution >= 4 is 21.7 Å². The van der Waals surface area contributed by atoms with Crippen LogP contribution < -0.4 is 5.73 Å². The summed E-state index contributed by atoms with van der Waals surface area (Å²) in [5.74, 6) is -0.611. The number of carbonyl (C=O) groups is 1. The number of fused-ring (bicyclic) bond motifs is 1. The second-order valence-electron chi connectivity index (χ2n) is 3.39. The number of hydrogen-bond acceptors (Lipinski definition) is 5. The van der Waals surface area contributed by atoms with Gasteiger partial charge in [-0.2, -0.15) is 12.8 Å². The Bertz CT molecular complexity index is 619. The molecule has 0 spiro atoms. The molecule has 1 aliphatic rings. The van der Waals surface area contributed by atoms with Gasteiger partial charge in [-0.3, -0.25) is 0 Å². The summed E-state index contributed by atoms with van der Waals surface area (Å²) in [6.45, 7) is -0.0553. The minimum absolute atomic E-state index is 0.000787. The molecule has 17 heavy (non-hydrogen) atoms. The van der Waals surface area contributed by atoms with Gasteiger partial charge in [-0.05, 0) is 12.1 Å². The zero-order valence-corrected chi connectivity index (χ0v) is 9.82. The van der Waals surface area contributed by atoms with E-state index in [9.17, 15) is 13.2 Å². The van der Waals surface area contributed by atoms with E-state index in [0.29, 0.717) is 0 Å². The van der Waals surface area contributed by atoms with Crippen molar-refractivity contribution in [2.24, 2.45) is 10.1 Å². The minimum atomic E-state index is -3.73. The normalized spacial score (nSPS) is 16.2. The SMILES string of the molecule is COC(=O)c1cccc2c1C(CN)=NS2(=O)=O. The van der Waals surface area contributed by atoms with Crippen LogP contribution in [0.2, 0.25) is 0 Å². The van der Waals surface area contributed by atoms with E-state index in [1.165, 1.54) is 25.3 Å². The van der Waals surface area contributed by atoms with Crippen LogP contribution in [0, 0.1) is 0 Å². The highest BCUT2D eigenvalue weighted by atomic mass is 32.2. The first-order chi connectivity index (χ1) is 8.01. The molecule has 0 aliphatic carbocycles. The van der Waals surface area contributed by atoms with Gasteiger partial charge in [0.2, 0.25) is 0 Å². The van der Waals surface area contributed by atoms with E-state index in [2.05, 4.69) is 9.13 Å². The quantitative estimate of drug-likeness (QED) is 0.744. The molecule has 0 unspecified atom stereocenters.